The number of rotatable bonds is 4. The third kappa shape index (κ3) is 5.48. The van der Waals surface area contributed by atoms with Gasteiger partial charge in [0.25, 0.3) is 11.5 Å². The summed E-state index contributed by atoms with van der Waals surface area (Å²) in [5.41, 5.74) is 1.09. The lowest BCUT2D eigenvalue weighted by atomic mass is 10.1. The molecule has 0 spiro atoms. The second-order valence-corrected chi connectivity index (χ2v) is 7.13. The predicted octanol–water partition coefficient (Wildman–Crippen LogP) is 1.63. The summed E-state index contributed by atoms with van der Waals surface area (Å²) in [5.74, 6) is -0.757. The zero-order valence-electron chi connectivity index (χ0n) is 15.5. The van der Waals surface area contributed by atoms with Crippen LogP contribution < -0.4 is 16.2 Å². The van der Waals surface area contributed by atoms with E-state index in [4.69, 9.17) is 0 Å². The minimum absolute atomic E-state index is 0. The van der Waals surface area contributed by atoms with Gasteiger partial charge >= 0.3 is 6.18 Å². The van der Waals surface area contributed by atoms with Gasteiger partial charge in [-0.1, -0.05) is 6.42 Å². The molecular formula is C18H26ClF3N4O2. The zero-order chi connectivity index (χ0) is 19.4. The number of fused-ring (bicyclic) bond motifs is 1. The predicted molar refractivity (Wildman–Crippen MR) is 102 cm³/mol. The molecule has 1 aromatic rings. The summed E-state index contributed by atoms with van der Waals surface area (Å²) < 4.78 is 40.3. The van der Waals surface area contributed by atoms with Crippen molar-refractivity contribution in [1.82, 2.24) is 20.5 Å². The third-order valence-corrected chi connectivity index (χ3v) is 5.26. The summed E-state index contributed by atoms with van der Waals surface area (Å²) in [7, 11) is 0. The molecule has 6 nitrogen and oxygen atoms in total. The van der Waals surface area contributed by atoms with E-state index in [-0.39, 0.29) is 31.1 Å². The number of carbonyl (C=O) groups excluding carboxylic acids is 1. The van der Waals surface area contributed by atoms with E-state index in [1.165, 1.54) is 4.90 Å². The molecule has 3 N–H and O–H groups in total. The first-order valence-electron chi connectivity index (χ1n) is 9.41. The van der Waals surface area contributed by atoms with Gasteiger partial charge in [0.15, 0.2) is 0 Å². The van der Waals surface area contributed by atoms with Crippen LogP contribution >= 0.6 is 12.4 Å². The Morgan fingerprint density at radius 1 is 1.18 bits per heavy atom. The van der Waals surface area contributed by atoms with Crippen molar-refractivity contribution in [2.45, 2.75) is 44.3 Å². The second kappa shape index (κ2) is 9.76. The highest BCUT2D eigenvalue weighted by molar-refractivity contribution is 5.94. The van der Waals surface area contributed by atoms with Crippen LogP contribution in [0.15, 0.2) is 10.9 Å². The van der Waals surface area contributed by atoms with Crippen LogP contribution in [0, 0.1) is 0 Å². The quantitative estimate of drug-likeness (QED) is 0.645. The Labute approximate surface area is 167 Å². The molecule has 0 saturated carbocycles. The van der Waals surface area contributed by atoms with Crippen molar-refractivity contribution >= 4 is 18.3 Å². The van der Waals surface area contributed by atoms with E-state index in [0.717, 1.165) is 43.4 Å². The van der Waals surface area contributed by atoms with Crippen molar-refractivity contribution in [2.75, 3.05) is 32.7 Å². The molecule has 1 unspecified atom stereocenters. The number of nitrogens with zero attached hydrogens (tertiary/aromatic N) is 1. The van der Waals surface area contributed by atoms with Gasteiger partial charge in [0, 0.05) is 38.4 Å². The molecule has 1 atom stereocenters. The van der Waals surface area contributed by atoms with Gasteiger partial charge in [-0.3, -0.25) is 14.5 Å². The zero-order valence-corrected chi connectivity index (χ0v) is 16.3. The summed E-state index contributed by atoms with van der Waals surface area (Å²) in [6.07, 6.45) is 0.0661. The van der Waals surface area contributed by atoms with Crippen molar-refractivity contribution < 1.29 is 18.0 Å². The number of pyridine rings is 1. The third-order valence-electron chi connectivity index (χ3n) is 5.26. The maximum absolute atomic E-state index is 13.4. The van der Waals surface area contributed by atoms with E-state index in [0.29, 0.717) is 13.1 Å². The fourth-order valence-corrected chi connectivity index (χ4v) is 3.75. The topological polar surface area (TPSA) is 77.2 Å². The first-order chi connectivity index (χ1) is 12.9. The Hall–Kier alpha value is -1.58. The molecular weight excluding hydrogens is 397 g/mol. The molecule has 2 heterocycles. The molecule has 1 aromatic heterocycles. The standard InChI is InChI=1S/C18H25F3N4O2.ClH/c19-18(20,21)15(25-8-6-22-7-9-25)11-23-16(26)13-10-12-4-2-1-3-5-14(12)24-17(13)27;/h10,15,22H,1-9,11H2,(H,23,26)(H,24,27);1H. The van der Waals surface area contributed by atoms with E-state index in [1.54, 1.807) is 6.07 Å². The molecule has 1 saturated heterocycles. The summed E-state index contributed by atoms with van der Waals surface area (Å²) in [6, 6.07) is -0.217. The number of H-pyrrole nitrogens is 1. The number of nitrogens with one attached hydrogen (secondary N) is 3. The number of aryl methyl sites for hydroxylation is 2. The van der Waals surface area contributed by atoms with E-state index < -0.39 is 30.2 Å². The first kappa shape index (κ1) is 22.7. The molecule has 1 amide bonds. The van der Waals surface area contributed by atoms with Crippen molar-refractivity contribution in [3.8, 4) is 0 Å². The fraction of sp³-hybridized carbons (Fsp3) is 0.667. The van der Waals surface area contributed by atoms with Crippen molar-refractivity contribution in [1.29, 1.82) is 0 Å². The average Bonchev–Trinajstić information content (AvgIpc) is 2.85. The van der Waals surface area contributed by atoms with E-state index in [9.17, 15) is 22.8 Å². The van der Waals surface area contributed by atoms with Crippen molar-refractivity contribution in [2.24, 2.45) is 0 Å². The van der Waals surface area contributed by atoms with E-state index in [2.05, 4.69) is 15.6 Å². The number of piperazine rings is 1. The number of hydrogen-bond acceptors (Lipinski definition) is 4. The maximum atomic E-state index is 13.4. The van der Waals surface area contributed by atoms with Crippen molar-refractivity contribution in [3.05, 3.63) is 33.2 Å². The molecule has 10 heteroatoms. The van der Waals surface area contributed by atoms with Gasteiger partial charge in [0.05, 0.1) is 0 Å². The monoisotopic (exact) mass is 422 g/mol. The smallest absolute Gasteiger partial charge is 0.350 e. The second-order valence-electron chi connectivity index (χ2n) is 7.13. The highest BCUT2D eigenvalue weighted by Gasteiger charge is 2.43. The fourth-order valence-electron chi connectivity index (χ4n) is 3.75. The molecule has 1 aliphatic carbocycles. The maximum Gasteiger partial charge on any atom is 0.405 e. The minimum atomic E-state index is -4.45. The van der Waals surface area contributed by atoms with Gasteiger partial charge in [-0.25, -0.2) is 0 Å². The number of alkyl halides is 3. The largest absolute Gasteiger partial charge is 0.405 e. The highest BCUT2D eigenvalue weighted by atomic mass is 35.5. The Balaban J connectivity index is 0.00000280. The normalized spacial score (nSPS) is 19.1. The highest BCUT2D eigenvalue weighted by Crippen LogP contribution is 2.25. The molecule has 2 aliphatic rings. The van der Waals surface area contributed by atoms with Gasteiger partial charge in [0.2, 0.25) is 0 Å². The Morgan fingerprint density at radius 3 is 2.54 bits per heavy atom. The minimum Gasteiger partial charge on any atom is -0.350 e. The van der Waals surface area contributed by atoms with Crippen LogP contribution in [0.25, 0.3) is 0 Å². The average molecular weight is 423 g/mol. The van der Waals surface area contributed by atoms with Crippen LogP contribution in [0.1, 0.15) is 40.9 Å². The lowest BCUT2D eigenvalue weighted by molar-refractivity contribution is -0.183. The summed E-state index contributed by atoms with van der Waals surface area (Å²) in [4.78, 5) is 28.7. The number of carbonyl (C=O) groups is 1. The van der Waals surface area contributed by atoms with Crippen LogP contribution in [0.2, 0.25) is 0 Å². The molecule has 158 valence electrons. The van der Waals surface area contributed by atoms with Gasteiger partial charge in [-0.05, 0) is 37.3 Å². The Morgan fingerprint density at radius 2 is 1.86 bits per heavy atom. The van der Waals surface area contributed by atoms with Crippen LogP contribution in [0.5, 0.6) is 0 Å². The number of hydrogen-bond donors (Lipinski definition) is 3. The molecule has 28 heavy (non-hydrogen) atoms. The molecule has 0 bridgehead atoms. The first-order valence-corrected chi connectivity index (χ1v) is 9.41. The van der Waals surface area contributed by atoms with Crippen LogP contribution in [-0.2, 0) is 12.8 Å². The van der Waals surface area contributed by atoms with Crippen LogP contribution in [-0.4, -0.2) is 60.7 Å². The van der Waals surface area contributed by atoms with Gasteiger partial charge in [-0.15, -0.1) is 12.4 Å². The lowest BCUT2D eigenvalue weighted by Gasteiger charge is -2.35. The SMILES string of the molecule is Cl.O=C(NCC(N1CCNCC1)C(F)(F)F)c1cc2c([nH]c1=O)CCCCC2. The molecule has 1 fully saturated rings. The van der Waals surface area contributed by atoms with Crippen molar-refractivity contribution in [3.63, 3.8) is 0 Å². The Bertz CT molecular complexity index is 733. The number of aromatic nitrogens is 1. The number of aromatic amines is 1. The van der Waals surface area contributed by atoms with E-state index in [1.807, 2.05) is 0 Å². The van der Waals surface area contributed by atoms with Gasteiger partial charge in [-0.2, -0.15) is 13.2 Å². The van der Waals surface area contributed by atoms with Gasteiger partial charge < -0.3 is 15.6 Å². The molecule has 3 rings (SSSR count). The van der Waals surface area contributed by atoms with Gasteiger partial charge in [0.1, 0.15) is 11.6 Å². The molecule has 1 aliphatic heterocycles. The molecule has 0 radical (unpaired) electrons. The lowest BCUT2D eigenvalue weighted by Crippen LogP contribution is -2.57. The van der Waals surface area contributed by atoms with Crippen LogP contribution in [0.4, 0.5) is 13.2 Å². The Kier molecular flexibility index (Phi) is 7.91. The van der Waals surface area contributed by atoms with Crippen LogP contribution in [0.3, 0.4) is 0 Å². The number of amides is 1. The summed E-state index contributed by atoms with van der Waals surface area (Å²) >= 11 is 0. The van der Waals surface area contributed by atoms with E-state index >= 15 is 0 Å². The molecule has 0 aromatic carbocycles. The summed E-state index contributed by atoms with van der Waals surface area (Å²) in [5, 5.41) is 5.34. The summed E-state index contributed by atoms with van der Waals surface area (Å²) in [6.45, 7) is 0.911. The number of halogens is 4.